The van der Waals surface area contributed by atoms with Gasteiger partial charge in [-0.15, -0.1) is 0 Å². The van der Waals surface area contributed by atoms with Crippen molar-refractivity contribution in [3.05, 3.63) is 124 Å². The van der Waals surface area contributed by atoms with Crippen LogP contribution in [-0.4, -0.2) is 148 Å². The maximum atomic E-state index is 14.1. The van der Waals surface area contributed by atoms with Gasteiger partial charge in [-0.25, -0.2) is 24.4 Å². The summed E-state index contributed by atoms with van der Waals surface area (Å²) in [6.45, 7) is 14.1. The van der Waals surface area contributed by atoms with Crippen molar-refractivity contribution in [1.82, 2.24) is 39.1 Å². The van der Waals surface area contributed by atoms with E-state index in [2.05, 4.69) is 34.7 Å². The molecule has 1 saturated carbocycles. The molecule has 5 heterocycles. The highest BCUT2D eigenvalue weighted by Gasteiger charge is 2.46. The first-order chi connectivity index (χ1) is 35.5. The predicted molar refractivity (Wildman–Crippen MR) is 285 cm³/mol. The van der Waals surface area contributed by atoms with Crippen LogP contribution in [0.4, 0.5) is 20.3 Å². The van der Waals surface area contributed by atoms with E-state index in [-0.39, 0.29) is 56.1 Å². The van der Waals surface area contributed by atoms with Gasteiger partial charge in [-0.2, -0.15) is 0 Å². The fraction of sp³-hybridized carbons (Fsp3) is 0.474. The minimum Gasteiger partial charge on any atom is -0.446 e. The minimum atomic E-state index is -1.38. The summed E-state index contributed by atoms with van der Waals surface area (Å²) < 4.78 is 26.4. The molecule has 1 N–H and O–H groups in total. The molecule has 0 radical (unpaired) electrons. The first-order valence-electron chi connectivity index (χ1n) is 26.0. The maximum absolute atomic E-state index is 14.1. The zero-order valence-electron chi connectivity index (χ0n) is 44.1. The summed E-state index contributed by atoms with van der Waals surface area (Å²) in [5.74, 6) is 0.994. The number of aryl methyl sites for hydroxylation is 1. The van der Waals surface area contributed by atoms with E-state index in [1.807, 2.05) is 111 Å². The number of carbonyl (C=O) groups excluding carboxylic acids is 3. The number of carbonyl (C=O) groups is 3. The number of ether oxygens (including phenoxy) is 4. The number of aromatic amines is 1. The van der Waals surface area contributed by atoms with Crippen molar-refractivity contribution in [2.45, 2.75) is 96.3 Å². The normalized spacial score (nSPS) is 18.5. The van der Waals surface area contributed by atoms with Gasteiger partial charge >= 0.3 is 18.3 Å². The number of hydrogen-bond donors (Lipinski definition) is 1. The molecule has 17 heteroatoms. The summed E-state index contributed by atoms with van der Waals surface area (Å²) in [6, 6.07) is 27.5. The number of piperidine rings is 1. The topological polar surface area (TPSA) is 168 Å². The molecule has 3 aromatic carbocycles. The number of anilines is 1. The first-order valence-corrected chi connectivity index (χ1v) is 26.0. The Balaban J connectivity index is 1.01. The number of nitrogens with zero attached hydrogens (tertiary/aromatic N) is 8. The molecule has 3 amide bonds. The molecule has 9 rings (SSSR count). The van der Waals surface area contributed by atoms with Crippen molar-refractivity contribution in [3.63, 3.8) is 0 Å². The van der Waals surface area contributed by atoms with Crippen molar-refractivity contribution in [2.24, 2.45) is 13.0 Å². The Morgan fingerprint density at radius 1 is 0.797 bits per heavy atom. The maximum Gasteiger partial charge on any atom is 0.410 e. The fourth-order valence-corrected chi connectivity index (χ4v) is 10.1. The van der Waals surface area contributed by atoms with Gasteiger partial charge in [0.2, 0.25) is 5.95 Å². The van der Waals surface area contributed by atoms with Crippen molar-refractivity contribution >= 4 is 46.0 Å². The van der Waals surface area contributed by atoms with Crippen molar-refractivity contribution in [2.75, 3.05) is 71.4 Å². The van der Waals surface area contributed by atoms with Gasteiger partial charge in [-0.3, -0.25) is 9.69 Å². The summed E-state index contributed by atoms with van der Waals surface area (Å²) in [4.78, 5) is 76.8. The van der Waals surface area contributed by atoms with Gasteiger partial charge in [-0.05, 0) is 101 Å². The Hall–Kier alpha value is -6.98. The Bertz CT molecular complexity index is 3000. The van der Waals surface area contributed by atoms with Crippen LogP contribution >= 0.6 is 0 Å². The van der Waals surface area contributed by atoms with Gasteiger partial charge in [0.1, 0.15) is 24.3 Å². The number of fused-ring (bicyclic) bond motifs is 2. The summed E-state index contributed by atoms with van der Waals surface area (Å²) in [5, 5.41) is 1.51. The average Bonchev–Trinajstić information content (AvgIpc) is 4.08. The number of aromatic nitrogens is 4. The first kappa shape index (κ1) is 51.9. The highest BCUT2D eigenvalue weighted by atomic mass is 16.6. The van der Waals surface area contributed by atoms with Gasteiger partial charge in [0.15, 0.2) is 5.60 Å². The lowest BCUT2D eigenvalue weighted by Gasteiger charge is -2.46. The lowest BCUT2D eigenvalue weighted by Crippen LogP contribution is -2.59. The summed E-state index contributed by atoms with van der Waals surface area (Å²) in [6.07, 6.45) is 5.68. The van der Waals surface area contributed by atoms with Gasteiger partial charge in [0.25, 0.3) is 5.56 Å². The number of hydrogen-bond acceptors (Lipinski definition) is 12. The molecule has 1 aliphatic carbocycles. The molecule has 17 nitrogen and oxygen atoms in total. The molecule has 0 bridgehead atoms. The molecular weight excluding hydrogens is 939 g/mol. The summed E-state index contributed by atoms with van der Waals surface area (Å²) in [7, 11) is 5.03. The Labute approximate surface area is 433 Å². The number of amides is 3. The minimum absolute atomic E-state index is 0.0270. The van der Waals surface area contributed by atoms with Gasteiger partial charge in [-0.1, -0.05) is 66.7 Å². The lowest BCUT2D eigenvalue weighted by molar-refractivity contribution is -0.0735. The second kappa shape index (κ2) is 21.9. The van der Waals surface area contributed by atoms with E-state index in [9.17, 15) is 19.2 Å². The Morgan fingerprint density at radius 3 is 2.15 bits per heavy atom. The third-order valence-electron chi connectivity index (χ3n) is 14.5. The van der Waals surface area contributed by atoms with Crippen LogP contribution in [0.1, 0.15) is 77.1 Å². The fourth-order valence-electron chi connectivity index (χ4n) is 10.1. The third-order valence-corrected chi connectivity index (χ3v) is 14.5. The van der Waals surface area contributed by atoms with E-state index >= 15 is 0 Å². The van der Waals surface area contributed by atoms with Crippen LogP contribution in [0, 0.1) is 5.92 Å². The number of likely N-dealkylation sites (N-methyl/N-ethyl adjacent to an activating group) is 2. The van der Waals surface area contributed by atoms with Crippen LogP contribution in [0.15, 0.2) is 102 Å². The van der Waals surface area contributed by atoms with E-state index in [0.717, 1.165) is 84.9 Å². The average molecular weight is 1010 g/mol. The largest absolute Gasteiger partial charge is 0.446 e. The van der Waals surface area contributed by atoms with Crippen LogP contribution in [0.2, 0.25) is 0 Å². The SMILES string of the molecule is C[C@@H]1CN(CC2CCN(c3nc(C(COC(=O)N(C)CCN(C)C(=O)OCc4ccccc4)(OC4CC4)c4ccccc4)c4cc(-c5cn(C)c(=O)c6[nH]ccc56)ccc4n3)CC2)[C@@H](C)CN1C(=O)OC(C)(C)C. The smallest absolute Gasteiger partial charge is 0.410 e. The molecule has 74 heavy (non-hydrogen) atoms. The number of piperazine rings is 1. The van der Waals surface area contributed by atoms with Crippen molar-refractivity contribution in [3.8, 4) is 11.1 Å². The molecule has 6 aromatic rings. The van der Waals surface area contributed by atoms with E-state index < -0.39 is 23.4 Å². The van der Waals surface area contributed by atoms with Crippen molar-refractivity contribution < 1.29 is 33.3 Å². The van der Waals surface area contributed by atoms with Gasteiger partial charge < -0.3 is 48.1 Å². The van der Waals surface area contributed by atoms with E-state index in [1.165, 1.54) is 9.80 Å². The van der Waals surface area contributed by atoms with Gasteiger partial charge in [0, 0.05) is 108 Å². The van der Waals surface area contributed by atoms with Crippen LogP contribution in [0.25, 0.3) is 32.9 Å². The Morgan fingerprint density at radius 2 is 1.47 bits per heavy atom. The van der Waals surface area contributed by atoms with Crippen molar-refractivity contribution in [1.29, 1.82) is 0 Å². The highest BCUT2D eigenvalue weighted by Crippen LogP contribution is 2.44. The number of rotatable bonds is 15. The molecular formula is C57H71N9O8. The molecule has 0 spiro atoms. The molecule has 3 atom stereocenters. The van der Waals surface area contributed by atoms with Crippen LogP contribution in [0.5, 0.6) is 0 Å². The van der Waals surface area contributed by atoms with Gasteiger partial charge in [0.05, 0.1) is 17.3 Å². The molecule has 3 fully saturated rings. The molecule has 392 valence electrons. The molecule has 2 aliphatic heterocycles. The third kappa shape index (κ3) is 11.7. The Kier molecular flexibility index (Phi) is 15.3. The van der Waals surface area contributed by atoms with E-state index in [0.29, 0.717) is 35.1 Å². The predicted octanol–water partition coefficient (Wildman–Crippen LogP) is 8.78. The molecule has 1 unspecified atom stereocenters. The second-order valence-corrected chi connectivity index (χ2v) is 21.5. The van der Waals surface area contributed by atoms with Crippen LogP contribution in [0.3, 0.4) is 0 Å². The molecule has 3 aromatic heterocycles. The number of pyridine rings is 1. The molecule has 3 aliphatic rings. The quantitative estimate of drug-likeness (QED) is 0.0973. The molecule has 2 saturated heterocycles. The van der Waals surface area contributed by atoms with E-state index in [1.54, 1.807) is 31.9 Å². The number of H-pyrrole nitrogens is 1. The standard InChI is InChI=1S/C57H71N9O8/c1-38-33-66(55(70)74-56(3,4)5)39(2)32-65(38)34-40-24-27-64(28-25-40)52-59-48-22-19-42(47-35-63(8)51(67)49-45(47)23-26-58-49)31-46(48)50(60-52)57(73-44-20-21-44,43-17-13-10-14-18-43)37-72-54(69)62(7)30-29-61(6)53(68)71-36-41-15-11-9-12-16-41/h9-19,22-23,26,31,35,38-40,44,58H,20-21,24-25,27-30,32-34,36-37H2,1-8H3/t38-,39+,57?/m0/s1. The zero-order valence-corrected chi connectivity index (χ0v) is 44.1. The van der Waals surface area contributed by atoms with Crippen LogP contribution < -0.4 is 10.5 Å². The summed E-state index contributed by atoms with van der Waals surface area (Å²) >= 11 is 0. The zero-order chi connectivity index (χ0) is 52.3. The summed E-state index contributed by atoms with van der Waals surface area (Å²) in [5.41, 5.74) is 3.06. The monoisotopic (exact) mass is 1010 g/mol. The van der Waals surface area contributed by atoms with E-state index in [4.69, 9.17) is 28.9 Å². The lowest BCUT2D eigenvalue weighted by atomic mass is 9.87. The number of benzene rings is 3. The highest BCUT2D eigenvalue weighted by molar-refractivity contribution is 5.97. The van der Waals surface area contributed by atoms with Crippen LogP contribution in [-0.2, 0) is 38.2 Å². The number of nitrogens with one attached hydrogen (secondary N) is 1. The second-order valence-electron chi connectivity index (χ2n) is 21.5.